The summed E-state index contributed by atoms with van der Waals surface area (Å²) < 4.78 is 0.126. The molecule has 0 radical (unpaired) electrons. The van der Waals surface area contributed by atoms with Gasteiger partial charge in [-0.05, 0) is 24.3 Å². The minimum atomic E-state index is -1.15. The first-order valence-corrected chi connectivity index (χ1v) is 7.66. The highest BCUT2D eigenvalue weighted by atomic mass is 32.2. The van der Waals surface area contributed by atoms with Crippen molar-refractivity contribution in [3.8, 4) is 6.07 Å². The first-order chi connectivity index (χ1) is 9.81. The minimum absolute atomic E-state index is 0.126. The van der Waals surface area contributed by atoms with Crippen molar-refractivity contribution >= 4 is 29.1 Å². The molecule has 4 nitrogen and oxygen atoms in total. The topological polar surface area (TPSA) is 61.2 Å². The van der Waals surface area contributed by atoms with E-state index in [2.05, 4.69) is 20.8 Å². The number of anilines is 1. The van der Waals surface area contributed by atoms with Crippen molar-refractivity contribution in [3.63, 3.8) is 0 Å². The van der Waals surface area contributed by atoms with E-state index in [-0.39, 0.29) is 17.0 Å². The lowest BCUT2D eigenvalue weighted by Crippen LogP contribution is -2.45. The Kier molecular flexibility index (Phi) is 4.38. The highest BCUT2D eigenvalue weighted by molar-refractivity contribution is 8.00. The molecular weight excluding hydrogens is 284 g/mol. The van der Waals surface area contributed by atoms with Crippen LogP contribution in [-0.4, -0.2) is 23.0 Å². The molecule has 1 fully saturated rings. The molecular formula is C16H18N2O2S. The van der Waals surface area contributed by atoms with Gasteiger partial charge in [-0.15, -0.1) is 11.8 Å². The fraction of sp³-hybridized carbons (Fsp3) is 0.438. The largest absolute Gasteiger partial charge is 0.310 e. The lowest BCUT2D eigenvalue weighted by atomic mass is 9.96. The molecule has 1 aliphatic heterocycles. The van der Waals surface area contributed by atoms with E-state index in [0.717, 1.165) is 10.6 Å². The van der Waals surface area contributed by atoms with Gasteiger partial charge >= 0.3 is 0 Å². The van der Waals surface area contributed by atoms with Crippen LogP contribution >= 0.6 is 11.8 Å². The summed E-state index contributed by atoms with van der Waals surface area (Å²) in [5.74, 6) is -1.84. The Balaban J connectivity index is 2.17. The monoisotopic (exact) mass is 302 g/mol. The van der Waals surface area contributed by atoms with Crippen LogP contribution in [0.15, 0.2) is 29.2 Å². The predicted octanol–water partition coefficient (Wildman–Crippen LogP) is 3.02. The van der Waals surface area contributed by atoms with Gasteiger partial charge in [-0.3, -0.25) is 9.59 Å². The van der Waals surface area contributed by atoms with Gasteiger partial charge in [0.15, 0.2) is 11.7 Å². The lowest BCUT2D eigenvalue weighted by molar-refractivity contribution is -0.132. The van der Waals surface area contributed by atoms with Crippen LogP contribution in [0.5, 0.6) is 0 Å². The van der Waals surface area contributed by atoms with Crippen molar-refractivity contribution in [2.24, 2.45) is 5.92 Å². The van der Waals surface area contributed by atoms with E-state index in [1.165, 1.54) is 4.90 Å². The number of amides is 1. The van der Waals surface area contributed by atoms with Gasteiger partial charge in [-0.1, -0.05) is 20.8 Å². The molecule has 0 spiro atoms. The van der Waals surface area contributed by atoms with Crippen LogP contribution in [0.3, 0.4) is 0 Å². The third kappa shape index (κ3) is 3.64. The zero-order chi connectivity index (χ0) is 15.6. The normalized spacial score (nSPS) is 19.5. The van der Waals surface area contributed by atoms with Gasteiger partial charge in [0.1, 0.15) is 0 Å². The summed E-state index contributed by atoms with van der Waals surface area (Å²) >= 11 is 1.75. The summed E-state index contributed by atoms with van der Waals surface area (Å²) in [4.78, 5) is 26.4. The van der Waals surface area contributed by atoms with E-state index in [1.54, 1.807) is 17.8 Å². The van der Waals surface area contributed by atoms with Gasteiger partial charge in [0.2, 0.25) is 0 Å². The molecule has 1 aromatic rings. The molecule has 0 N–H and O–H groups in total. The number of Topliss-reactive ketones (excluding diaryl/α,β-unsaturated/α-hetero) is 1. The first kappa shape index (κ1) is 15.6. The van der Waals surface area contributed by atoms with Crippen molar-refractivity contribution in [2.75, 3.05) is 11.4 Å². The quantitative estimate of drug-likeness (QED) is 0.622. The summed E-state index contributed by atoms with van der Waals surface area (Å²) in [7, 11) is 0. The molecule has 21 heavy (non-hydrogen) atoms. The molecule has 1 atom stereocenters. The Hall–Kier alpha value is -1.80. The van der Waals surface area contributed by atoms with Gasteiger partial charge in [-0.25, -0.2) is 0 Å². The first-order valence-electron chi connectivity index (χ1n) is 6.84. The maximum Gasteiger partial charge on any atom is 0.251 e. The van der Waals surface area contributed by atoms with Gasteiger partial charge in [0, 0.05) is 28.3 Å². The third-order valence-electron chi connectivity index (χ3n) is 3.12. The summed E-state index contributed by atoms with van der Waals surface area (Å²) in [5, 5.41) is 8.95. The van der Waals surface area contributed by atoms with Crippen LogP contribution < -0.4 is 4.90 Å². The number of hydrogen-bond acceptors (Lipinski definition) is 4. The molecule has 2 rings (SSSR count). The van der Waals surface area contributed by atoms with Gasteiger partial charge < -0.3 is 4.90 Å². The van der Waals surface area contributed by atoms with Crippen molar-refractivity contribution in [3.05, 3.63) is 24.3 Å². The SMILES string of the molecule is CC(C)(C)Sc1ccc(N2CCC(=O)C(C#N)C2=O)cc1. The molecule has 1 heterocycles. The number of thioether (sulfide) groups is 1. The lowest BCUT2D eigenvalue weighted by Gasteiger charge is -2.29. The third-order valence-corrected chi connectivity index (χ3v) is 4.24. The number of nitrogens with zero attached hydrogens (tertiary/aromatic N) is 2. The molecule has 110 valence electrons. The predicted molar refractivity (Wildman–Crippen MR) is 83.1 cm³/mol. The number of carbonyl (C=O) groups is 2. The number of ketones is 1. The fourth-order valence-corrected chi connectivity index (χ4v) is 3.18. The molecule has 0 bridgehead atoms. The summed E-state index contributed by atoms with van der Waals surface area (Å²) in [6.45, 7) is 6.77. The zero-order valence-electron chi connectivity index (χ0n) is 12.4. The number of nitriles is 1. The molecule has 1 amide bonds. The number of piperidine rings is 1. The molecule has 1 aliphatic rings. The number of rotatable bonds is 2. The second-order valence-corrected chi connectivity index (χ2v) is 7.88. The highest BCUT2D eigenvalue weighted by Crippen LogP contribution is 2.33. The molecule has 5 heteroatoms. The van der Waals surface area contributed by atoms with E-state index >= 15 is 0 Å². The van der Waals surface area contributed by atoms with Crippen molar-refractivity contribution in [2.45, 2.75) is 36.8 Å². The fourth-order valence-electron chi connectivity index (χ4n) is 2.20. The van der Waals surface area contributed by atoms with E-state index in [0.29, 0.717) is 6.54 Å². The molecule has 1 saturated heterocycles. The molecule has 1 aromatic carbocycles. The maximum atomic E-state index is 12.2. The average Bonchev–Trinajstić information content (AvgIpc) is 2.39. The van der Waals surface area contributed by atoms with Crippen LogP contribution in [-0.2, 0) is 9.59 Å². The highest BCUT2D eigenvalue weighted by Gasteiger charge is 2.35. The second-order valence-electron chi connectivity index (χ2n) is 5.98. The summed E-state index contributed by atoms with van der Waals surface area (Å²) in [5.41, 5.74) is 0.742. The second kappa shape index (κ2) is 5.90. The number of carbonyl (C=O) groups excluding carboxylic acids is 2. The van der Waals surface area contributed by atoms with Crippen LogP contribution in [0, 0.1) is 17.2 Å². The number of benzene rings is 1. The van der Waals surface area contributed by atoms with E-state index in [9.17, 15) is 9.59 Å². The van der Waals surface area contributed by atoms with Crippen LogP contribution in [0.1, 0.15) is 27.2 Å². The van der Waals surface area contributed by atoms with Crippen molar-refractivity contribution in [1.82, 2.24) is 0 Å². The van der Waals surface area contributed by atoms with Gasteiger partial charge in [0.25, 0.3) is 5.91 Å². The average molecular weight is 302 g/mol. The van der Waals surface area contributed by atoms with Gasteiger partial charge in [0.05, 0.1) is 6.07 Å². The molecule has 0 saturated carbocycles. The van der Waals surface area contributed by atoms with E-state index in [1.807, 2.05) is 24.3 Å². The molecule has 0 aromatic heterocycles. The van der Waals surface area contributed by atoms with Crippen LogP contribution in [0.25, 0.3) is 0 Å². The summed E-state index contributed by atoms with van der Waals surface area (Å²) in [6.07, 6.45) is 0.239. The molecule has 1 unspecified atom stereocenters. The zero-order valence-corrected chi connectivity index (χ0v) is 13.2. The Bertz CT molecular complexity index is 596. The Morgan fingerprint density at radius 2 is 1.86 bits per heavy atom. The van der Waals surface area contributed by atoms with Gasteiger partial charge in [-0.2, -0.15) is 5.26 Å². The van der Waals surface area contributed by atoms with E-state index < -0.39 is 11.8 Å². The van der Waals surface area contributed by atoms with E-state index in [4.69, 9.17) is 5.26 Å². The Labute approximate surface area is 129 Å². The maximum absolute atomic E-state index is 12.2. The Morgan fingerprint density at radius 3 is 2.38 bits per heavy atom. The Morgan fingerprint density at radius 1 is 1.24 bits per heavy atom. The van der Waals surface area contributed by atoms with Crippen molar-refractivity contribution in [1.29, 1.82) is 5.26 Å². The molecule has 0 aliphatic carbocycles. The smallest absolute Gasteiger partial charge is 0.251 e. The van der Waals surface area contributed by atoms with Crippen LogP contribution in [0.2, 0.25) is 0 Å². The van der Waals surface area contributed by atoms with Crippen LogP contribution in [0.4, 0.5) is 5.69 Å². The summed E-state index contributed by atoms with van der Waals surface area (Å²) in [6, 6.07) is 9.48. The van der Waals surface area contributed by atoms with Crippen molar-refractivity contribution < 1.29 is 9.59 Å². The standard InChI is InChI=1S/C16H18N2O2S/c1-16(2,3)21-12-6-4-11(5-7-12)18-9-8-14(19)13(10-17)15(18)20/h4-7,13H,8-9H2,1-3H3. The minimum Gasteiger partial charge on any atom is -0.310 e. The number of hydrogen-bond donors (Lipinski definition) is 0.